The van der Waals surface area contributed by atoms with Crippen molar-refractivity contribution in [2.45, 2.75) is 6.92 Å². The number of hydrogen-bond acceptors (Lipinski definition) is 3. The van der Waals surface area contributed by atoms with Gasteiger partial charge in [0.2, 0.25) is 0 Å². The molecule has 0 heterocycles. The van der Waals surface area contributed by atoms with Gasteiger partial charge in [-0.25, -0.2) is 0 Å². The maximum absolute atomic E-state index is 5.58. The molecular weight excluding hydrogens is 185 g/mol. The molecule has 0 saturated heterocycles. The van der Waals surface area contributed by atoms with Gasteiger partial charge in [0.05, 0.1) is 12.4 Å². The van der Waals surface area contributed by atoms with Crippen LogP contribution in [0.2, 0.25) is 0 Å². The Morgan fingerprint density at radius 2 is 2.50 bits per heavy atom. The Bertz CT molecular complexity index is 177. The van der Waals surface area contributed by atoms with Crippen LogP contribution in [-0.2, 0) is 16.3 Å². The Hall–Kier alpha value is 0.480. The van der Waals surface area contributed by atoms with Crippen LogP contribution in [0.5, 0.6) is 0 Å². The molecule has 2 nitrogen and oxygen atoms in total. The summed E-state index contributed by atoms with van der Waals surface area (Å²) in [6.07, 6.45) is 5.02. The average Bonchev–Trinajstić information content (AvgIpc) is 1.84. The minimum atomic E-state index is -2.10. The summed E-state index contributed by atoms with van der Waals surface area (Å²) in [5, 5.41) is 0. The second kappa shape index (κ2) is 5.17. The Labute approximate surface area is 70.8 Å². The molecule has 0 aliphatic rings. The molecule has 0 saturated carbocycles. The Kier molecular flexibility index (Phi) is 5.42. The van der Waals surface area contributed by atoms with E-state index in [1.54, 1.807) is 0 Å². The lowest BCUT2D eigenvalue weighted by Crippen LogP contribution is -1.95. The first-order chi connectivity index (χ1) is 4.62. The maximum atomic E-state index is 5.58. The summed E-state index contributed by atoms with van der Waals surface area (Å²) in [4.78, 5) is 0. The van der Waals surface area contributed by atoms with E-state index < -0.39 is 5.62 Å². The van der Waals surface area contributed by atoms with E-state index in [-0.39, 0.29) is 0 Å². The van der Waals surface area contributed by atoms with E-state index in [1.165, 1.54) is 11.4 Å². The van der Waals surface area contributed by atoms with Gasteiger partial charge in [-0.15, -0.1) is 6.42 Å². The predicted molar refractivity (Wildman–Crippen MR) is 51.4 cm³/mol. The van der Waals surface area contributed by atoms with Crippen LogP contribution in [0.15, 0.2) is 0 Å². The van der Waals surface area contributed by atoms with Crippen molar-refractivity contribution < 1.29 is 4.52 Å². The second-order valence-corrected chi connectivity index (χ2v) is 8.04. The lowest BCUT2D eigenvalue weighted by molar-refractivity contribution is 0.385. The predicted octanol–water partition coefficient (Wildman–Crippen LogP) is 1.57. The van der Waals surface area contributed by atoms with E-state index in [0.717, 1.165) is 0 Å². The number of nitrogens with two attached hydrogens (primary N) is 1. The summed E-state index contributed by atoms with van der Waals surface area (Å²) in [7, 11) is 0. The largest absolute Gasteiger partial charge is 0.331 e. The molecule has 0 rings (SSSR count). The molecule has 0 spiro atoms. The number of rotatable bonds is 4. The molecule has 10 heavy (non-hydrogen) atoms. The van der Waals surface area contributed by atoms with Crippen molar-refractivity contribution in [3.05, 3.63) is 0 Å². The molecule has 1 atom stereocenters. The lowest BCUT2D eigenvalue weighted by atomic mass is 10.8. The molecule has 0 aromatic heterocycles. The van der Waals surface area contributed by atoms with Gasteiger partial charge in [0.1, 0.15) is 0 Å². The summed E-state index contributed by atoms with van der Waals surface area (Å²) >= 11 is 6.29. The highest BCUT2D eigenvalue weighted by atomic mass is 32.9. The van der Waals surface area contributed by atoms with E-state index in [0.29, 0.717) is 12.4 Å². The molecule has 58 valence electrons. The zero-order valence-electron chi connectivity index (χ0n) is 5.74. The first-order valence-corrected chi connectivity index (χ1v) is 7.11. The summed E-state index contributed by atoms with van der Waals surface area (Å²) in [6, 6.07) is 0. The molecular formula is C5H10NOPS2. The van der Waals surface area contributed by atoms with Crippen molar-refractivity contribution in [1.29, 1.82) is 0 Å². The summed E-state index contributed by atoms with van der Waals surface area (Å²) in [5.41, 5.74) is 3.48. The van der Waals surface area contributed by atoms with Crippen LogP contribution in [0.1, 0.15) is 6.92 Å². The van der Waals surface area contributed by atoms with E-state index >= 15 is 0 Å². The normalized spacial score (nSPS) is 15.7. The van der Waals surface area contributed by atoms with Gasteiger partial charge in [0, 0.05) is 0 Å². The molecule has 0 aromatic rings. The standard InChI is InChI=1S/C5H10NOPS2/c1-3-5-10-8(6,9)7-4-2/h1H,4-5H2,2H3,(H2,6,9). The van der Waals surface area contributed by atoms with Crippen molar-refractivity contribution in [2.75, 3.05) is 12.4 Å². The van der Waals surface area contributed by atoms with Gasteiger partial charge in [0.15, 0.2) is 5.62 Å². The zero-order chi connectivity index (χ0) is 8.04. The molecule has 0 fully saturated rings. The molecule has 5 heteroatoms. The van der Waals surface area contributed by atoms with Gasteiger partial charge in [0.25, 0.3) is 0 Å². The van der Waals surface area contributed by atoms with Crippen molar-refractivity contribution >= 4 is 28.8 Å². The first-order valence-electron chi connectivity index (χ1n) is 2.73. The summed E-state index contributed by atoms with van der Waals surface area (Å²) < 4.78 is 5.10. The Morgan fingerprint density at radius 3 is 2.90 bits per heavy atom. The van der Waals surface area contributed by atoms with Crippen molar-refractivity contribution in [3.8, 4) is 12.3 Å². The highest BCUT2D eigenvalue weighted by molar-refractivity contribution is 8.68. The fraction of sp³-hybridized carbons (Fsp3) is 0.600. The summed E-state index contributed by atoms with van der Waals surface area (Å²) in [5.74, 6) is 2.98. The van der Waals surface area contributed by atoms with Crippen molar-refractivity contribution in [2.24, 2.45) is 5.50 Å². The fourth-order valence-electron chi connectivity index (χ4n) is 0.344. The molecule has 1 unspecified atom stereocenters. The van der Waals surface area contributed by atoms with Gasteiger partial charge < -0.3 is 4.52 Å². The molecule has 2 N–H and O–H groups in total. The quantitative estimate of drug-likeness (QED) is 0.545. The zero-order valence-corrected chi connectivity index (χ0v) is 8.27. The van der Waals surface area contributed by atoms with Crippen LogP contribution in [0.3, 0.4) is 0 Å². The molecule has 0 amide bonds. The monoisotopic (exact) mass is 195 g/mol. The third-order valence-corrected chi connectivity index (χ3v) is 4.96. The van der Waals surface area contributed by atoms with Crippen molar-refractivity contribution in [1.82, 2.24) is 0 Å². The van der Waals surface area contributed by atoms with E-state index in [9.17, 15) is 0 Å². The first kappa shape index (κ1) is 10.5. The van der Waals surface area contributed by atoms with Gasteiger partial charge >= 0.3 is 0 Å². The van der Waals surface area contributed by atoms with Crippen LogP contribution in [0.4, 0.5) is 0 Å². The lowest BCUT2D eigenvalue weighted by Gasteiger charge is -2.12. The minimum absolute atomic E-state index is 0.535. The number of terminal acetylenes is 1. The third-order valence-electron chi connectivity index (χ3n) is 0.637. The van der Waals surface area contributed by atoms with Gasteiger partial charge in [-0.05, 0) is 18.7 Å². The third kappa shape index (κ3) is 5.28. The molecule has 0 aliphatic carbocycles. The van der Waals surface area contributed by atoms with Crippen LogP contribution < -0.4 is 5.50 Å². The van der Waals surface area contributed by atoms with Crippen LogP contribution in [-0.4, -0.2) is 12.4 Å². The Balaban J connectivity index is 3.67. The van der Waals surface area contributed by atoms with Gasteiger partial charge in [-0.1, -0.05) is 17.3 Å². The molecule has 0 aromatic carbocycles. The van der Waals surface area contributed by atoms with Crippen molar-refractivity contribution in [3.63, 3.8) is 0 Å². The molecule has 0 bridgehead atoms. The SMILES string of the molecule is C#CCSP(N)(=S)OCC. The Morgan fingerprint density at radius 1 is 1.90 bits per heavy atom. The topological polar surface area (TPSA) is 35.2 Å². The second-order valence-electron chi connectivity index (χ2n) is 1.44. The summed E-state index contributed by atoms with van der Waals surface area (Å²) in [6.45, 7) is 2.43. The van der Waals surface area contributed by atoms with E-state index in [2.05, 4.69) is 5.92 Å². The van der Waals surface area contributed by atoms with Gasteiger partial charge in [-0.3, -0.25) is 5.50 Å². The van der Waals surface area contributed by atoms with Crippen LogP contribution in [0.25, 0.3) is 0 Å². The maximum Gasteiger partial charge on any atom is 0.184 e. The molecule has 0 radical (unpaired) electrons. The van der Waals surface area contributed by atoms with Crippen LogP contribution >= 0.6 is 17.0 Å². The van der Waals surface area contributed by atoms with Gasteiger partial charge in [-0.2, -0.15) is 0 Å². The number of hydrogen-bond donors (Lipinski definition) is 1. The highest BCUT2D eigenvalue weighted by Crippen LogP contribution is 2.51. The average molecular weight is 195 g/mol. The fourth-order valence-corrected chi connectivity index (χ4v) is 3.13. The van der Waals surface area contributed by atoms with E-state index in [1.807, 2.05) is 6.92 Å². The minimum Gasteiger partial charge on any atom is -0.331 e. The van der Waals surface area contributed by atoms with Crippen LogP contribution in [0, 0.1) is 12.3 Å². The molecule has 0 aliphatic heterocycles. The van der Waals surface area contributed by atoms with E-state index in [4.69, 9.17) is 28.3 Å². The smallest absolute Gasteiger partial charge is 0.184 e. The highest BCUT2D eigenvalue weighted by Gasteiger charge is 2.08.